The van der Waals surface area contributed by atoms with Crippen LogP contribution in [0.2, 0.25) is 0 Å². The van der Waals surface area contributed by atoms with Gasteiger partial charge >= 0.3 is 0 Å². The standard InChI is InChI=1S/C22H25NO6/c1-23-7-6-11-16-14(23)8-13-12(9-15(24-2)20(27-5)19(13)26-4)17(16)21-22(18(11)25-3)29-10-28-21/h9,14H,6-8,10H2,1-5H3/t14-/m1/s1. The molecule has 0 radical (unpaired) electrons. The molecule has 1 atom stereocenters. The Morgan fingerprint density at radius 2 is 1.62 bits per heavy atom. The first-order valence-corrected chi connectivity index (χ1v) is 9.69. The molecule has 2 aromatic carbocycles. The van der Waals surface area contributed by atoms with Crippen LogP contribution in [0.3, 0.4) is 0 Å². The minimum Gasteiger partial charge on any atom is -0.493 e. The van der Waals surface area contributed by atoms with Crippen molar-refractivity contribution >= 4 is 0 Å². The molecule has 2 heterocycles. The Bertz CT molecular complexity index is 1000. The van der Waals surface area contributed by atoms with E-state index in [9.17, 15) is 0 Å². The van der Waals surface area contributed by atoms with Crippen molar-refractivity contribution in [3.05, 3.63) is 22.8 Å². The highest BCUT2D eigenvalue weighted by atomic mass is 16.7. The highest BCUT2D eigenvalue weighted by Gasteiger charge is 2.42. The van der Waals surface area contributed by atoms with Gasteiger partial charge in [-0.15, -0.1) is 0 Å². The maximum atomic E-state index is 5.97. The predicted octanol–water partition coefficient (Wildman–Crippen LogP) is 3.20. The largest absolute Gasteiger partial charge is 0.493 e. The van der Waals surface area contributed by atoms with Crippen molar-refractivity contribution in [3.8, 4) is 45.6 Å². The van der Waals surface area contributed by atoms with Gasteiger partial charge in [0.05, 0.1) is 28.4 Å². The van der Waals surface area contributed by atoms with Gasteiger partial charge in [0.2, 0.25) is 18.3 Å². The summed E-state index contributed by atoms with van der Waals surface area (Å²) in [4.78, 5) is 2.38. The monoisotopic (exact) mass is 399 g/mol. The summed E-state index contributed by atoms with van der Waals surface area (Å²) in [6, 6.07) is 2.21. The topological polar surface area (TPSA) is 58.6 Å². The molecule has 1 aliphatic carbocycles. The maximum Gasteiger partial charge on any atom is 0.231 e. The van der Waals surface area contributed by atoms with Gasteiger partial charge in [0.15, 0.2) is 23.0 Å². The summed E-state index contributed by atoms with van der Waals surface area (Å²) in [6.45, 7) is 1.12. The molecule has 7 heteroatoms. The quantitative estimate of drug-likeness (QED) is 0.782. The maximum absolute atomic E-state index is 5.97. The molecule has 0 saturated heterocycles. The van der Waals surface area contributed by atoms with Crippen LogP contribution in [-0.2, 0) is 12.8 Å². The van der Waals surface area contributed by atoms with Gasteiger partial charge in [-0.2, -0.15) is 0 Å². The summed E-state index contributed by atoms with van der Waals surface area (Å²) in [6.07, 6.45) is 1.70. The van der Waals surface area contributed by atoms with Crippen molar-refractivity contribution in [2.24, 2.45) is 0 Å². The molecule has 0 aromatic heterocycles. The van der Waals surface area contributed by atoms with E-state index in [1.807, 2.05) is 6.07 Å². The molecule has 0 spiro atoms. The number of methoxy groups -OCH3 is 4. The number of rotatable bonds is 4. The normalized spacial score (nSPS) is 18.7. The zero-order valence-corrected chi connectivity index (χ0v) is 17.4. The Morgan fingerprint density at radius 3 is 2.31 bits per heavy atom. The van der Waals surface area contributed by atoms with Crippen LogP contribution in [0.1, 0.15) is 22.7 Å². The Labute approximate surface area is 170 Å². The number of hydrogen-bond acceptors (Lipinski definition) is 7. The Balaban J connectivity index is 1.90. The van der Waals surface area contributed by atoms with Gasteiger partial charge < -0.3 is 28.4 Å². The molecule has 0 bridgehead atoms. The molecule has 7 nitrogen and oxygen atoms in total. The van der Waals surface area contributed by atoms with E-state index >= 15 is 0 Å². The van der Waals surface area contributed by atoms with E-state index in [2.05, 4.69) is 11.9 Å². The molecule has 154 valence electrons. The molecule has 0 fully saturated rings. The summed E-state index contributed by atoms with van der Waals surface area (Å²) in [5.41, 5.74) is 5.62. The van der Waals surface area contributed by atoms with E-state index in [1.54, 1.807) is 28.4 Å². The van der Waals surface area contributed by atoms with Crippen LogP contribution in [0.5, 0.6) is 34.5 Å². The average Bonchev–Trinajstić information content (AvgIpc) is 3.23. The van der Waals surface area contributed by atoms with Crippen LogP contribution in [0.4, 0.5) is 0 Å². The zero-order chi connectivity index (χ0) is 20.3. The van der Waals surface area contributed by atoms with E-state index in [0.29, 0.717) is 23.0 Å². The molecule has 0 N–H and O–H groups in total. The fraction of sp³-hybridized carbons (Fsp3) is 0.455. The predicted molar refractivity (Wildman–Crippen MR) is 107 cm³/mol. The minimum absolute atomic E-state index is 0.182. The molecule has 0 saturated carbocycles. The van der Waals surface area contributed by atoms with Gasteiger partial charge in [0, 0.05) is 29.3 Å². The summed E-state index contributed by atoms with van der Waals surface area (Å²) in [7, 11) is 8.79. The number of benzene rings is 2. The third-order valence-electron chi connectivity index (χ3n) is 6.30. The van der Waals surface area contributed by atoms with Crippen molar-refractivity contribution < 1.29 is 28.4 Å². The summed E-state index contributed by atoms with van der Waals surface area (Å²) in [5.74, 6) is 4.16. The minimum atomic E-state index is 0.182. The van der Waals surface area contributed by atoms with Crippen LogP contribution in [0.25, 0.3) is 11.1 Å². The molecule has 3 aliphatic rings. The zero-order valence-electron chi connectivity index (χ0n) is 17.4. The van der Waals surface area contributed by atoms with E-state index in [4.69, 9.17) is 28.4 Å². The second-order valence-corrected chi connectivity index (χ2v) is 7.49. The van der Waals surface area contributed by atoms with Crippen LogP contribution in [0, 0.1) is 0 Å². The SMILES string of the molecule is COc1cc2c(c(OC)c1OC)C[C@@H]1c3c(c(OC)c4c(c3-2)OCO4)CCN1C. The lowest BCUT2D eigenvalue weighted by atomic mass is 9.75. The first kappa shape index (κ1) is 18.2. The Kier molecular flexibility index (Phi) is 4.17. The fourth-order valence-corrected chi connectivity index (χ4v) is 5.02. The second-order valence-electron chi connectivity index (χ2n) is 7.49. The molecule has 2 aliphatic heterocycles. The average molecular weight is 399 g/mol. The van der Waals surface area contributed by atoms with E-state index in [1.165, 1.54) is 11.1 Å². The number of nitrogens with zero attached hydrogens (tertiary/aromatic N) is 1. The third kappa shape index (κ3) is 2.34. The van der Waals surface area contributed by atoms with Crippen molar-refractivity contribution in [3.63, 3.8) is 0 Å². The number of fused-ring (bicyclic) bond motifs is 4. The second kappa shape index (κ2) is 6.62. The summed E-state index contributed by atoms with van der Waals surface area (Å²) in [5, 5.41) is 0. The molecule has 5 rings (SSSR count). The fourth-order valence-electron chi connectivity index (χ4n) is 5.02. The lowest BCUT2D eigenvalue weighted by molar-refractivity contribution is 0.171. The number of ether oxygens (including phenoxy) is 6. The molecule has 0 amide bonds. The van der Waals surface area contributed by atoms with Gasteiger partial charge in [-0.1, -0.05) is 0 Å². The van der Waals surface area contributed by atoms with Gasteiger partial charge in [0.1, 0.15) is 0 Å². The third-order valence-corrected chi connectivity index (χ3v) is 6.30. The van der Waals surface area contributed by atoms with Crippen LogP contribution < -0.4 is 28.4 Å². The van der Waals surface area contributed by atoms with Crippen LogP contribution in [0.15, 0.2) is 6.07 Å². The summed E-state index contributed by atoms with van der Waals surface area (Å²) >= 11 is 0. The lowest BCUT2D eigenvalue weighted by Gasteiger charge is -2.41. The first-order chi connectivity index (χ1) is 14.1. The summed E-state index contributed by atoms with van der Waals surface area (Å²) < 4.78 is 34.7. The lowest BCUT2D eigenvalue weighted by Crippen LogP contribution is -2.36. The highest BCUT2D eigenvalue weighted by molar-refractivity contribution is 5.89. The Hall–Kier alpha value is -2.80. The molecule has 0 unspecified atom stereocenters. The van der Waals surface area contributed by atoms with Crippen molar-refractivity contribution in [2.75, 3.05) is 48.8 Å². The molecule has 2 aromatic rings. The Morgan fingerprint density at radius 1 is 0.897 bits per heavy atom. The highest BCUT2D eigenvalue weighted by Crippen LogP contribution is 2.60. The molecule has 29 heavy (non-hydrogen) atoms. The number of hydrogen-bond donors (Lipinski definition) is 0. The first-order valence-electron chi connectivity index (χ1n) is 9.69. The number of likely N-dealkylation sites (N-methyl/N-ethyl adjacent to an activating group) is 1. The molecular weight excluding hydrogens is 374 g/mol. The molecular formula is C22H25NO6. The van der Waals surface area contributed by atoms with Crippen molar-refractivity contribution in [1.29, 1.82) is 0 Å². The van der Waals surface area contributed by atoms with Crippen LogP contribution >= 0.6 is 0 Å². The van der Waals surface area contributed by atoms with Gasteiger partial charge in [-0.25, -0.2) is 0 Å². The van der Waals surface area contributed by atoms with E-state index in [-0.39, 0.29) is 12.8 Å². The van der Waals surface area contributed by atoms with Crippen molar-refractivity contribution in [2.45, 2.75) is 18.9 Å². The van der Waals surface area contributed by atoms with Crippen LogP contribution in [-0.4, -0.2) is 53.7 Å². The van der Waals surface area contributed by atoms with Gasteiger partial charge in [0.25, 0.3) is 0 Å². The van der Waals surface area contributed by atoms with E-state index < -0.39 is 0 Å². The van der Waals surface area contributed by atoms with Crippen molar-refractivity contribution in [1.82, 2.24) is 4.90 Å². The van der Waals surface area contributed by atoms with Gasteiger partial charge in [-0.3, -0.25) is 4.90 Å². The van der Waals surface area contributed by atoms with Gasteiger partial charge in [-0.05, 0) is 37.1 Å². The van der Waals surface area contributed by atoms with E-state index in [0.717, 1.165) is 47.6 Å². The smallest absolute Gasteiger partial charge is 0.231 e.